The van der Waals surface area contributed by atoms with E-state index in [9.17, 15) is 0 Å². The summed E-state index contributed by atoms with van der Waals surface area (Å²) in [5.74, 6) is 0.931. The molecule has 1 saturated heterocycles. The van der Waals surface area contributed by atoms with E-state index in [0.717, 1.165) is 25.6 Å². The van der Waals surface area contributed by atoms with Gasteiger partial charge in [-0.3, -0.25) is 4.90 Å². The SMILES string of the molecule is CNC(CN1CCOC(C)(C)C1)C1CC1. The molecule has 1 unspecified atom stereocenters. The molecule has 0 aromatic carbocycles. The Morgan fingerprint density at radius 3 is 2.73 bits per heavy atom. The van der Waals surface area contributed by atoms with Crippen LogP contribution in [0.2, 0.25) is 0 Å². The van der Waals surface area contributed by atoms with Crippen LogP contribution in [0.3, 0.4) is 0 Å². The van der Waals surface area contributed by atoms with E-state index < -0.39 is 0 Å². The van der Waals surface area contributed by atoms with E-state index in [2.05, 4.69) is 31.1 Å². The van der Waals surface area contributed by atoms with Gasteiger partial charge in [0.25, 0.3) is 0 Å². The van der Waals surface area contributed by atoms with Gasteiger partial charge in [-0.05, 0) is 39.7 Å². The van der Waals surface area contributed by atoms with Crippen molar-refractivity contribution in [3.8, 4) is 0 Å². The van der Waals surface area contributed by atoms with Crippen molar-refractivity contribution < 1.29 is 4.74 Å². The first kappa shape index (κ1) is 11.4. The molecule has 3 nitrogen and oxygen atoms in total. The topological polar surface area (TPSA) is 24.5 Å². The van der Waals surface area contributed by atoms with E-state index >= 15 is 0 Å². The highest BCUT2D eigenvalue weighted by Crippen LogP contribution is 2.33. The van der Waals surface area contributed by atoms with E-state index in [1.807, 2.05) is 0 Å². The van der Waals surface area contributed by atoms with E-state index in [1.54, 1.807) is 0 Å². The van der Waals surface area contributed by atoms with Crippen molar-refractivity contribution >= 4 is 0 Å². The molecule has 0 aromatic rings. The molecular formula is C12H24N2O. The first-order valence-electron chi connectivity index (χ1n) is 6.14. The largest absolute Gasteiger partial charge is 0.373 e. The number of hydrogen-bond donors (Lipinski definition) is 1. The lowest BCUT2D eigenvalue weighted by Gasteiger charge is -2.39. The highest BCUT2D eigenvalue weighted by molar-refractivity contribution is 4.89. The Hall–Kier alpha value is -0.120. The standard InChI is InChI=1S/C12H24N2O/c1-12(2)9-14(6-7-15-12)8-11(13-3)10-4-5-10/h10-11,13H,4-9H2,1-3H3. The van der Waals surface area contributed by atoms with Crippen LogP contribution >= 0.6 is 0 Å². The van der Waals surface area contributed by atoms with Gasteiger partial charge in [-0.1, -0.05) is 0 Å². The van der Waals surface area contributed by atoms with E-state index in [-0.39, 0.29) is 5.60 Å². The van der Waals surface area contributed by atoms with Crippen LogP contribution in [-0.4, -0.2) is 49.8 Å². The van der Waals surface area contributed by atoms with Gasteiger partial charge in [0.1, 0.15) is 0 Å². The van der Waals surface area contributed by atoms with Crippen LogP contribution in [-0.2, 0) is 4.74 Å². The third-order valence-electron chi connectivity index (χ3n) is 3.52. The highest BCUT2D eigenvalue weighted by Gasteiger charge is 2.34. The lowest BCUT2D eigenvalue weighted by molar-refractivity contribution is -0.0878. The molecule has 88 valence electrons. The fourth-order valence-electron chi connectivity index (χ4n) is 2.52. The van der Waals surface area contributed by atoms with Gasteiger partial charge in [-0.25, -0.2) is 0 Å². The maximum absolute atomic E-state index is 5.72. The first-order valence-corrected chi connectivity index (χ1v) is 6.14. The number of nitrogens with zero attached hydrogens (tertiary/aromatic N) is 1. The molecule has 3 heteroatoms. The molecule has 1 saturated carbocycles. The Morgan fingerprint density at radius 2 is 2.20 bits per heavy atom. The second-order valence-corrected chi connectivity index (χ2v) is 5.58. The molecule has 15 heavy (non-hydrogen) atoms. The second-order valence-electron chi connectivity index (χ2n) is 5.58. The van der Waals surface area contributed by atoms with E-state index in [0.29, 0.717) is 6.04 Å². The zero-order valence-electron chi connectivity index (χ0n) is 10.3. The lowest BCUT2D eigenvalue weighted by atomic mass is 10.1. The zero-order chi connectivity index (χ0) is 10.9. The Bertz CT molecular complexity index is 214. The number of nitrogens with one attached hydrogen (secondary N) is 1. The van der Waals surface area contributed by atoms with Crippen molar-refractivity contribution in [2.75, 3.05) is 33.3 Å². The molecular weight excluding hydrogens is 188 g/mol. The smallest absolute Gasteiger partial charge is 0.0753 e. The Morgan fingerprint density at radius 1 is 1.47 bits per heavy atom. The van der Waals surface area contributed by atoms with Gasteiger partial charge < -0.3 is 10.1 Å². The summed E-state index contributed by atoms with van der Waals surface area (Å²) < 4.78 is 5.72. The number of rotatable bonds is 4. The second kappa shape index (κ2) is 4.40. The van der Waals surface area contributed by atoms with Crippen molar-refractivity contribution in [3.05, 3.63) is 0 Å². The lowest BCUT2D eigenvalue weighted by Crippen LogP contribution is -2.52. The Kier molecular flexibility index (Phi) is 3.33. The number of morpholine rings is 1. The number of ether oxygens (including phenoxy) is 1. The monoisotopic (exact) mass is 212 g/mol. The third-order valence-corrected chi connectivity index (χ3v) is 3.52. The van der Waals surface area contributed by atoms with E-state index in [4.69, 9.17) is 4.74 Å². The first-order chi connectivity index (χ1) is 7.11. The van der Waals surface area contributed by atoms with Crippen molar-refractivity contribution in [1.82, 2.24) is 10.2 Å². The predicted octanol–water partition coefficient (Wildman–Crippen LogP) is 1.10. The fourth-order valence-corrected chi connectivity index (χ4v) is 2.52. The minimum absolute atomic E-state index is 0.0418. The summed E-state index contributed by atoms with van der Waals surface area (Å²) >= 11 is 0. The van der Waals surface area contributed by atoms with Crippen molar-refractivity contribution in [1.29, 1.82) is 0 Å². The van der Waals surface area contributed by atoms with Crippen LogP contribution in [0.25, 0.3) is 0 Å². The highest BCUT2D eigenvalue weighted by atomic mass is 16.5. The van der Waals surface area contributed by atoms with Crippen LogP contribution in [0.5, 0.6) is 0 Å². The molecule has 2 fully saturated rings. The average Bonchev–Trinajstić information content (AvgIpc) is 2.96. The maximum Gasteiger partial charge on any atom is 0.0753 e. The fraction of sp³-hybridized carbons (Fsp3) is 1.00. The minimum atomic E-state index is 0.0418. The summed E-state index contributed by atoms with van der Waals surface area (Å²) in [7, 11) is 2.09. The maximum atomic E-state index is 5.72. The summed E-state index contributed by atoms with van der Waals surface area (Å²) in [5.41, 5.74) is 0.0418. The molecule has 0 spiro atoms. The molecule has 2 rings (SSSR count). The van der Waals surface area contributed by atoms with Crippen LogP contribution in [0.4, 0.5) is 0 Å². The summed E-state index contributed by atoms with van der Waals surface area (Å²) in [4.78, 5) is 2.54. The van der Waals surface area contributed by atoms with Gasteiger partial charge in [0.05, 0.1) is 12.2 Å². The predicted molar refractivity (Wildman–Crippen MR) is 62.0 cm³/mol. The van der Waals surface area contributed by atoms with Gasteiger partial charge in [0.15, 0.2) is 0 Å². The van der Waals surface area contributed by atoms with Crippen LogP contribution < -0.4 is 5.32 Å². The third kappa shape index (κ3) is 3.16. The van der Waals surface area contributed by atoms with Gasteiger partial charge >= 0.3 is 0 Å². The quantitative estimate of drug-likeness (QED) is 0.755. The average molecular weight is 212 g/mol. The summed E-state index contributed by atoms with van der Waals surface area (Å²) in [6, 6.07) is 0.693. The van der Waals surface area contributed by atoms with Crippen LogP contribution in [0.15, 0.2) is 0 Å². The molecule has 1 aliphatic carbocycles. The number of likely N-dealkylation sites (N-methyl/N-ethyl adjacent to an activating group) is 1. The number of hydrogen-bond acceptors (Lipinski definition) is 3. The van der Waals surface area contributed by atoms with E-state index in [1.165, 1.54) is 19.4 Å². The molecule has 2 aliphatic rings. The van der Waals surface area contributed by atoms with Gasteiger partial charge in [0.2, 0.25) is 0 Å². The molecule has 1 atom stereocenters. The van der Waals surface area contributed by atoms with Crippen molar-refractivity contribution in [2.45, 2.75) is 38.3 Å². The van der Waals surface area contributed by atoms with Crippen molar-refractivity contribution in [2.24, 2.45) is 5.92 Å². The molecule has 1 N–H and O–H groups in total. The van der Waals surface area contributed by atoms with Crippen LogP contribution in [0.1, 0.15) is 26.7 Å². The van der Waals surface area contributed by atoms with Gasteiger partial charge in [0, 0.05) is 25.7 Å². The molecule has 0 aromatic heterocycles. The molecule has 1 heterocycles. The molecule has 0 radical (unpaired) electrons. The Labute approximate surface area is 93.2 Å². The minimum Gasteiger partial charge on any atom is -0.373 e. The summed E-state index contributed by atoms with van der Waals surface area (Å²) in [6.07, 6.45) is 2.83. The summed E-state index contributed by atoms with van der Waals surface area (Å²) in [6.45, 7) is 8.60. The molecule has 1 aliphatic heterocycles. The molecule has 0 bridgehead atoms. The zero-order valence-corrected chi connectivity index (χ0v) is 10.3. The molecule has 0 amide bonds. The van der Waals surface area contributed by atoms with Crippen molar-refractivity contribution in [3.63, 3.8) is 0 Å². The summed E-state index contributed by atoms with van der Waals surface area (Å²) in [5, 5.41) is 3.46. The Balaban J connectivity index is 1.82. The van der Waals surface area contributed by atoms with Crippen LogP contribution in [0, 0.1) is 5.92 Å². The normalized spacial score (nSPS) is 29.0. The van der Waals surface area contributed by atoms with Gasteiger partial charge in [-0.2, -0.15) is 0 Å². The van der Waals surface area contributed by atoms with Gasteiger partial charge in [-0.15, -0.1) is 0 Å².